The second-order valence-corrected chi connectivity index (χ2v) is 6.20. The van der Waals surface area contributed by atoms with E-state index in [1.54, 1.807) is 6.92 Å². The van der Waals surface area contributed by atoms with Gasteiger partial charge in [0.1, 0.15) is 6.04 Å². The van der Waals surface area contributed by atoms with Gasteiger partial charge in [0.15, 0.2) is 0 Å². The van der Waals surface area contributed by atoms with Crippen LogP contribution in [-0.4, -0.2) is 41.5 Å². The quantitative estimate of drug-likeness (QED) is 0.831. The minimum atomic E-state index is -0.447. The molecule has 0 spiro atoms. The minimum absolute atomic E-state index is 0.0405. The summed E-state index contributed by atoms with van der Waals surface area (Å²) in [6.07, 6.45) is 7.80. The normalized spacial score (nSPS) is 25.3. The van der Waals surface area contributed by atoms with Crippen molar-refractivity contribution >= 4 is 11.9 Å². The molecule has 2 N–H and O–H groups in total. The number of rotatable bonds is 3. The Kier molecular flexibility index (Phi) is 5.26. The van der Waals surface area contributed by atoms with Crippen molar-refractivity contribution < 1.29 is 9.59 Å². The van der Waals surface area contributed by atoms with Crippen molar-refractivity contribution in [3.05, 3.63) is 0 Å². The van der Waals surface area contributed by atoms with Gasteiger partial charge in [-0.25, -0.2) is 4.79 Å². The number of carbonyl (C=O) groups excluding carboxylic acids is 2. The fourth-order valence-corrected chi connectivity index (χ4v) is 3.23. The Hall–Kier alpha value is -1.26. The number of hydrogen-bond acceptors (Lipinski definition) is 2. The fraction of sp³-hybridized carbons (Fsp3) is 0.867. The molecule has 2 atom stereocenters. The van der Waals surface area contributed by atoms with Gasteiger partial charge in [-0.2, -0.15) is 0 Å². The highest BCUT2D eigenvalue weighted by Gasteiger charge is 2.28. The van der Waals surface area contributed by atoms with Crippen LogP contribution in [0.5, 0.6) is 0 Å². The van der Waals surface area contributed by atoms with E-state index in [1.165, 1.54) is 19.3 Å². The summed E-state index contributed by atoms with van der Waals surface area (Å²) in [6.45, 7) is 4.68. The lowest BCUT2D eigenvalue weighted by Gasteiger charge is -2.35. The first kappa shape index (κ1) is 15.1. The van der Waals surface area contributed by atoms with Gasteiger partial charge in [-0.15, -0.1) is 0 Å². The number of piperidine rings is 1. The molecule has 2 rings (SSSR count). The molecule has 1 saturated carbocycles. The highest BCUT2D eigenvalue weighted by atomic mass is 16.2. The van der Waals surface area contributed by atoms with Crippen LogP contribution >= 0.6 is 0 Å². The van der Waals surface area contributed by atoms with Crippen LogP contribution in [0.1, 0.15) is 58.8 Å². The summed E-state index contributed by atoms with van der Waals surface area (Å²) in [5.74, 6) is 0.0405. The number of likely N-dealkylation sites (tertiary alicyclic amines) is 1. The van der Waals surface area contributed by atoms with Crippen molar-refractivity contribution in [3.63, 3.8) is 0 Å². The summed E-state index contributed by atoms with van der Waals surface area (Å²) in [4.78, 5) is 26.2. The van der Waals surface area contributed by atoms with Crippen LogP contribution in [0.25, 0.3) is 0 Å². The maximum atomic E-state index is 12.4. The number of urea groups is 1. The molecule has 1 aliphatic heterocycles. The van der Waals surface area contributed by atoms with Gasteiger partial charge in [0.25, 0.3) is 0 Å². The lowest BCUT2D eigenvalue weighted by molar-refractivity contribution is -0.136. The molecule has 0 bridgehead atoms. The van der Waals surface area contributed by atoms with Gasteiger partial charge < -0.3 is 15.5 Å². The van der Waals surface area contributed by atoms with Crippen molar-refractivity contribution in [2.24, 2.45) is 0 Å². The third-order valence-electron chi connectivity index (χ3n) is 4.49. The van der Waals surface area contributed by atoms with E-state index >= 15 is 0 Å². The summed E-state index contributed by atoms with van der Waals surface area (Å²) < 4.78 is 0. The number of amides is 3. The van der Waals surface area contributed by atoms with Gasteiger partial charge >= 0.3 is 6.03 Å². The molecule has 0 aromatic heterocycles. The molecule has 1 heterocycles. The van der Waals surface area contributed by atoms with Crippen molar-refractivity contribution in [2.75, 3.05) is 6.54 Å². The molecule has 3 amide bonds. The van der Waals surface area contributed by atoms with Gasteiger partial charge in [-0.3, -0.25) is 4.79 Å². The molecular formula is C15H27N3O2. The van der Waals surface area contributed by atoms with E-state index in [0.717, 1.165) is 32.2 Å². The van der Waals surface area contributed by atoms with Crippen molar-refractivity contribution in [1.82, 2.24) is 15.5 Å². The Morgan fingerprint density at radius 3 is 2.40 bits per heavy atom. The number of nitrogens with zero attached hydrogens (tertiary/aromatic N) is 1. The molecule has 0 radical (unpaired) electrons. The van der Waals surface area contributed by atoms with E-state index < -0.39 is 6.04 Å². The highest BCUT2D eigenvalue weighted by molar-refractivity contribution is 5.87. The zero-order valence-corrected chi connectivity index (χ0v) is 12.7. The maximum absolute atomic E-state index is 12.4. The Morgan fingerprint density at radius 1 is 1.10 bits per heavy atom. The van der Waals surface area contributed by atoms with Crippen LogP contribution < -0.4 is 10.6 Å². The Balaban J connectivity index is 1.79. The summed E-state index contributed by atoms with van der Waals surface area (Å²) >= 11 is 0. The molecule has 114 valence electrons. The number of hydrogen-bond donors (Lipinski definition) is 2. The predicted octanol–water partition coefficient (Wildman–Crippen LogP) is 2.02. The molecular weight excluding hydrogens is 254 g/mol. The Labute approximate surface area is 121 Å². The fourth-order valence-electron chi connectivity index (χ4n) is 3.23. The first-order valence-electron chi connectivity index (χ1n) is 7.95. The van der Waals surface area contributed by atoms with Crippen LogP contribution in [0.3, 0.4) is 0 Å². The standard InChI is InChI=1S/C15H27N3O2/c1-11-7-5-6-10-18(11)14(19)12(2)16-15(20)17-13-8-3-4-9-13/h11-13H,3-10H2,1-2H3,(H2,16,17,20)/t11-,12-/m0/s1. The van der Waals surface area contributed by atoms with Crippen molar-refractivity contribution in [1.29, 1.82) is 0 Å². The van der Waals surface area contributed by atoms with Crippen LogP contribution in [0.4, 0.5) is 4.79 Å². The molecule has 5 nitrogen and oxygen atoms in total. The van der Waals surface area contributed by atoms with E-state index in [4.69, 9.17) is 0 Å². The smallest absolute Gasteiger partial charge is 0.315 e. The molecule has 1 aliphatic carbocycles. The van der Waals surface area contributed by atoms with E-state index in [9.17, 15) is 9.59 Å². The molecule has 5 heteroatoms. The van der Waals surface area contributed by atoms with Gasteiger partial charge in [0.2, 0.25) is 5.91 Å². The molecule has 2 fully saturated rings. The third kappa shape index (κ3) is 3.87. The van der Waals surface area contributed by atoms with Crippen molar-refractivity contribution in [3.8, 4) is 0 Å². The molecule has 0 unspecified atom stereocenters. The average Bonchev–Trinajstić information content (AvgIpc) is 2.91. The number of nitrogens with one attached hydrogen (secondary N) is 2. The Bertz CT molecular complexity index is 353. The molecule has 1 saturated heterocycles. The predicted molar refractivity (Wildman–Crippen MR) is 78.4 cm³/mol. The van der Waals surface area contributed by atoms with E-state index in [0.29, 0.717) is 6.04 Å². The van der Waals surface area contributed by atoms with Gasteiger partial charge in [0, 0.05) is 18.6 Å². The van der Waals surface area contributed by atoms with Gasteiger partial charge in [-0.05, 0) is 46.0 Å². The monoisotopic (exact) mass is 281 g/mol. The molecule has 0 aromatic carbocycles. The van der Waals surface area contributed by atoms with E-state index in [1.807, 2.05) is 4.90 Å². The second-order valence-electron chi connectivity index (χ2n) is 6.20. The van der Waals surface area contributed by atoms with Gasteiger partial charge in [-0.1, -0.05) is 12.8 Å². The van der Waals surface area contributed by atoms with E-state index in [2.05, 4.69) is 17.6 Å². The second kappa shape index (κ2) is 6.95. The zero-order chi connectivity index (χ0) is 14.5. The lowest BCUT2D eigenvalue weighted by Crippen LogP contribution is -2.54. The SMILES string of the molecule is C[C@H](NC(=O)NC1CCCC1)C(=O)N1CCCC[C@@H]1C. The van der Waals surface area contributed by atoms with Crippen LogP contribution in [0.2, 0.25) is 0 Å². The molecule has 20 heavy (non-hydrogen) atoms. The van der Waals surface area contributed by atoms with Gasteiger partial charge in [0.05, 0.1) is 0 Å². The Morgan fingerprint density at radius 2 is 1.75 bits per heavy atom. The summed E-state index contributed by atoms with van der Waals surface area (Å²) in [5, 5.41) is 5.74. The van der Waals surface area contributed by atoms with Crippen LogP contribution in [0.15, 0.2) is 0 Å². The largest absolute Gasteiger partial charge is 0.338 e. The lowest BCUT2D eigenvalue weighted by atomic mass is 10.0. The van der Waals surface area contributed by atoms with Crippen molar-refractivity contribution in [2.45, 2.75) is 76.9 Å². The van der Waals surface area contributed by atoms with Crippen LogP contribution in [0, 0.1) is 0 Å². The molecule has 0 aromatic rings. The van der Waals surface area contributed by atoms with E-state index in [-0.39, 0.29) is 18.0 Å². The first-order valence-corrected chi connectivity index (χ1v) is 7.95. The number of carbonyl (C=O) groups is 2. The zero-order valence-electron chi connectivity index (χ0n) is 12.7. The maximum Gasteiger partial charge on any atom is 0.315 e. The topological polar surface area (TPSA) is 61.4 Å². The third-order valence-corrected chi connectivity index (χ3v) is 4.49. The summed E-state index contributed by atoms with van der Waals surface area (Å²) in [6, 6.07) is -0.0797. The summed E-state index contributed by atoms with van der Waals surface area (Å²) in [7, 11) is 0. The highest BCUT2D eigenvalue weighted by Crippen LogP contribution is 2.18. The summed E-state index contributed by atoms with van der Waals surface area (Å²) in [5.41, 5.74) is 0. The first-order chi connectivity index (χ1) is 9.58. The van der Waals surface area contributed by atoms with Crippen LogP contribution in [-0.2, 0) is 4.79 Å². The average molecular weight is 281 g/mol. The molecule has 2 aliphatic rings. The minimum Gasteiger partial charge on any atom is -0.338 e.